The molecule has 6 rings (SSSR count). The zero-order valence-electron chi connectivity index (χ0n) is 25.6. The second-order valence-electron chi connectivity index (χ2n) is 11.2. The molecule has 4 N–H and O–H groups in total. The van der Waals surface area contributed by atoms with Crippen molar-refractivity contribution in [2.75, 3.05) is 43.4 Å². The number of benzene rings is 2. The van der Waals surface area contributed by atoms with E-state index in [1.165, 1.54) is 36.6 Å². The van der Waals surface area contributed by atoms with Crippen molar-refractivity contribution in [2.45, 2.75) is 31.0 Å². The van der Waals surface area contributed by atoms with Gasteiger partial charge in [0.2, 0.25) is 0 Å². The molecule has 2 aliphatic heterocycles. The number of morpholine rings is 1. The van der Waals surface area contributed by atoms with Crippen LogP contribution in [0.5, 0.6) is 0 Å². The van der Waals surface area contributed by atoms with Crippen LogP contribution in [0.15, 0.2) is 79.0 Å². The standard InChI is InChI=1S/C17H17Cl2N3O.C17H16F3N3O2/c18-15-8-13(9-16(19)22-15)17(23)21-14-5-3-11(4-6-14)12-2-1-7-20-10-12;18-17(19,20)15-9-12(5-6-22-15)16(24)23-13-3-1-11(2-4-13)14-10-21-7-8-25-14/h3-6,8-9,12,20H,1-2,7,10H2,(H,21,23);1-6,9,14,21H,7-8,10H2,(H,23,24)/t12-;/m1./s1. The van der Waals surface area contributed by atoms with Gasteiger partial charge in [0.25, 0.3) is 11.8 Å². The molecule has 2 aromatic heterocycles. The summed E-state index contributed by atoms with van der Waals surface area (Å²) in [4.78, 5) is 31.4. The van der Waals surface area contributed by atoms with E-state index < -0.39 is 17.8 Å². The summed E-state index contributed by atoms with van der Waals surface area (Å²) in [6.07, 6.45) is -1.27. The number of carbonyl (C=O) groups is 2. The van der Waals surface area contributed by atoms with E-state index in [0.29, 0.717) is 30.3 Å². The largest absolute Gasteiger partial charge is 0.433 e. The summed E-state index contributed by atoms with van der Waals surface area (Å²) in [5.41, 5.74) is 2.67. The van der Waals surface area contributed by atoms with Crippen molar-refractivity contribution in [1.29, 1.82) is 0 Å². The summed E-state index contributed by atoms with van der Waals surface area (Å²) in [5.74, 6) is -0.342. The fourth-order valence-electron chi connectivity index (χ4n) is 5.26. The smallest absolute Gasteiger partial charge is 0.371 e. The molecule has 14 heteroatoms. The Morgan fingerprint density at radius 2 is 1.40 bits per heavy atom. The maximum absolute atomic E-state index is 12.7. The van der Waals surface area contributed by atoms with Gasteiger partial charge in [-0.25, -0.2) is 4.98 Å². The SMILES string of the molecule is O=C(Nc1ccc(C2CNCCO2)cc1)c1ccnc(C(F)(F)F)c1.O=C(Nc1ccc([C@@H]2CCCNC2)cc1)c1cc(Cl)nc(Cl)c1. The lowest BCUT2D eigenvalue weighted by Gasteiger charge is -2.24. The number of nitrogens with zero attached hydrogens (tertiary/aromatic N) is 2. The molecule has 2 saturated heterocycles. The molecule has 2 amide bonds. The third kappa shape index (κ3) is 9.97. The zero-order chi connectivity index (χ0) is 34.1. The Hall–Kier alpha value is -4.07. The fraction of sp³-hybridized carbons (Fsp3) is 0.294. The first-order valence-electron chi connectivity index (χ1n) is 15.3. The van der Waals surface area contributed by atoms with E-state index in [1.54, 1.807) is 12.1 Å². The van der Waals surface area contributed by atoms with Crippen LogP contribution in [0.3, 0.4) is 0 Å². The number of hydrogen-bond acceptors (Lipinski definition) is 7. The lowest BCUT2D eigenvalue weighted by atomic mass is 9.91. The molecule has 0 spiro atoms. The van der Waals surface area contributed by atoms with Crippen LogP contribution in [0.25, 0.3) is 0 Å². The van der Waals surface area contributed by atoms with Gasteiger partial charge in [-0.2, -0.15) is 13.2 Å². The lowest BCUT2D eigenvalue weighted by Crippen LogP contribution is -2.33. The number of piperidine rings is 1. The van der Waals surface area contributed by atoms with E-state index >= 15 is 0 Å². The topological polar surface area (TPSA) is 117 Å². The molecule has 0 saturated carbocycles. The minimum atomic E-state index is -4.59. The first-order chi connectivity index (χ1) is 23.0. The van der Waals surface area contributed by atoms with Gasteiger partial charge in [-0.15, -0.1) is 0 Å². The third-order valence-corrected chi connectivity index (χ3v) is 8.13. The third-order valence-electron chi connectivity index (χ3n) is 7.74. The molecule has 252 valence electrons. The van der Waals surface area contributed by atoms with Crippen molar-refractivity contribution in [3.8, 4) is 0 Å². The highest BCUT2D eigenvalue weighted by Crippen LogP contribution is 2.28. The molecule has 9 nitrogen and oxygen atoms in total. The molecule has 48 heavy (non-hydrogen) atoms. The Kier molecular flexibility index (Phi) is 12.0. The average molecular weight is 702 g/mol. The molecule has 4 heterocycles. The molecule has 2 atom stereocenters. The molecule has 2 fully saturated rings. The van der Waals surface area contributed by atoms with Gasteiger partial charge in [-0.3, -0.25) is 14.6 Å². The molecule has 4 aromatic rings. The van der Waals surface area contributed by atoms with E-state index in [2.05, 4.69) is 43.4 Å². The number of carbonyl (C=O) groups excluding carboxylic acids is 2. The Bertz CT molecular complexity index is 1680. The predicted molar refractivity (Wildman–Crippen MR) is 179 cm³/mol. The Morgan fingerprint density at radius 3 is 1.96 bits per heavy atom. The average Bonchev–Trinajstić information content (AvgIpc) is 3.09. The minimum Gasteiger partial charge on any atom is -0.371 e. The highest BCUT2D eigenvalue weighted by molar-refractivity contribution is 6.33. The van der Waals surface area contributed by atoms with Gasteiger partial charge in [0, 0.05) is 48.3 Å². The maximum Gasteiger partial charge on any atom is 0.433 e. The summed E-state index contributed by atoms with van der Waals surface area (Å²) in [7, 11) is 0. The molecule has 2 aromatic carbocycles. The Balaban J connectivity index is 0.000000188. The van der Waals surface area contributed by atoms with E-state index in [0.717, 1.165) is 43.1 Å². The van der Waals surface area contributed by atoms with Gasteiger partial charge in [0.1, 0.15) is 16.0 Å². The van der Waals surface area contributed by atoms with E-state index in [-0.39, 0.29) is 27.9 Å². The Morgan fingerprint density at radius 1 is 0.792 bits per heavy atom. The van der Waals surface area contributed by atoms with E-state index in [9.17, 15) is 22.8 Å². The van der Waals surface area contributed by atoms with Crippen LogP contribution in [-0.4, -0.2) is 54.6 Å². The minimum absolute atomic E-state index is 0.0481. The first-order valence-corrected chi connectivity index (χ1v) is 16.0. The molecular weight excluding hydrogens is 668 g/mol. The highest BCUT2D eigenvalue weighted by atomic mass is 35.5. The first kappa shape index (κ1) is 35.2. The van der Waals surface area contributed by atoms with Crippen LogP contribution in [0.4, 0.5) is 24.5 Å². The normalized spacial score (nSPS) is 17.9. The van der Waals surface area contributed by atoms with Crippen LogP contribution in [0, 0.1) is 0 Å². The van der Waals surface area contributed by atoms with Gasteiger partial charge < -0.3 is 26.0 Å². The molecule has 0 radical (unpaired) electrons. The number of aromatic nitrogens is 2. The van der Waals surface area contributed by atoms with Gasteiger partial charge in [-0.05, 0) is 85.0 Å². The van der Waals surface area contributed by atoms with Crippen molar-refractivity contribution in [3.63, 3.8) is 0 Å². The summed E-state index contributed by atoms with van der Waals surface area (Å²) < 4.78 is 43.6. The van der Waals surface area contributed by atoms with E-state index in [4.69, 9.17) is 27.9 Å². The second-order valence-corrected chi connectivity index (χ2v) is 12.0. The highest BCUT2D eigenvalue weighted by Gasteiger charge is 2.33. The number of alkyl halides is 3. The van der Waals surface area contributed by atoms with Crippen LogP contribution in [-0.2, 0) is 10.9 Å². The number of nitrogens with one attached hydrogen (secondary N) is 4. The summed E-state index contributed by atoms with van der Waals surface area (Å²) >= 11 is 11.6. The van der Waals surface area contributed by atoms with Crippen LogP contribution < -0.4 is 21.3 Å². The fourth-order valence-corrected chi connectivity index (χ4v) is 5.73. The molecule has 0 aliphatic carbocycles. The Labute approximate surface area is 285 Å². The van der Waals surface area contributed by atoms with Crippen LogP contribution in [0.2, 0.25) is 10.3 Å². The van der Waals surface area contributed by atoms with Gasteiger partial charge in [0.15, 0.2) is 0 Å². The molecule has 2 aliphatic rings. The monoisotopic (exact) mass is 700 g/mol. The maximum atomic E-state index is 12.7. The van der Waals surface area contributed by atoms with Gasteiger partial charge >= 0.3 is 6.18 Å². The molecule has 1 unspecified atom stereocenters. The van der Waals surface area contributed by atoms with Crippen molar-refractivity contribution < 1.29 is 27.5 Å². The molecular formula is C34H33Cl2F3N6O3. The zero-order valence-corrected chi connectivity index (χ0v) is 27.1. The number of pyridine rings is 2. The number of hydrogen-bond donors (Lipinski definition) is 4. The number of rotatable bonds is 6. The summed E-state index contributed by atoms with van der Waals surface area (Å²) in [6, 6.07) is 20.0. The van der Waals surface area contributed by atoms with Crippen molar-refractivity contribution in [1.82, 2.24) is 20.6 Å². The summed E-state index contributed by atoms with van der Waals surface area (Å²) in [5, 5.41) is 12.5. The number of ether oxygens (including phenoxy) is 1. The number of halogens is 5. The van der Waals surface area contributed by atoms with Crippen LogP contribution in [0.1, 0.15) is 62.4 Å². The van der Waals surface area contributed by atoms with Gasteiger partial charge in [0.05, 0.1) is 12.7 Å². The molecule has 0 bridgehead atoms. The van der Waals surface area contributed by atoms with Crippen molar-refractivity contribution >= 4 is 46.4 Å². The summed E-state index contributed by atoms with van der Waals surface area (Å²) in [6.45, 7) is 4.27. The number of anilines is 2. The predicted octanol–water partition coefficient (Wildman–Crippen LogP) is 7.12. The quantitative estimate of drug-likeness (QED) is 0.158. The van der Waals surface area contributed by atoms with E-state index in [1.807, 2.05) is 24.3 Å². The van der Waals surface area contributed by atoms with Gasteiger partial charge in [-0.1, -0.05) is 47.5 Å². The van der Waals surface area contributed by atoms with Crippen LogP contribution >= 0.6 is 23.2 Å². The van der Waals surface area contributed by atoms with Crippen molar-refractivity contribution in [3.05, 3.63) is 117 Å². The second kappa shape index (κ2) is 16.4. The number of amides is 2. The van der Waals surface area contributed by atoms with Crippen molar-refractivity contribution in [2.24, 2.45) is 0 Å². The lowest BCUT2D eigenvalue weighted by molar-refractivity contribution is -0.141.